The van der Waals surface area contributed by atoms with E-state index in [1.807, 2.05) is 0 Å². The summed E-state index contributed by atoms with van der Waals surface area (Å²) in [5, 5.41) is 0. The smallest absolute Gasteiger partial charge is 0.150 e. The zero-order valence-corrected chi connectivity index (χ0v) is 9.79. The van der Waals surface area contributed by atoms with E-state index in [0.717, 1.165) is 30.9 Å². The van der Waals surface area contributed by atoms with Crippen molar-refractivity contribution in [2.24, 2.45) is 5.73 Å². The van der Waals surface area contributed by atoms with Crippen LogP contribution in [0.2, 0.25) is 0 Å². The van der Waals surface area contributed by atoms with Crippen LogP contribution in [-0.4, -0.2) is 38.0 Å². The van der Waals surface area contributed by atoms with Crippen molar-refractivity contribution in [1.82, 2.24) is 0 Å². The Kier molecular flexibility index (Phi) is 7.80. The highest BCUT2D eigenvalue weighted by Gasteiger charge is 2.05. The minimum absolute atomic E-state index is 0.264. The zero-order chi connectivity index (χ0) is 10.2. The molecule has 5 heteroatoms. The second kappa shape index (κ2) is 7.64. The Hall–Kier alpha value is 0.260. The molecule has 0 aliphatic rings. The standard InChI is InChI=1S/C8H19NO2S2/c1-2-13(10,11)8-4-7-12-6-3-5-9/h2-9H2,1H3. The fraction of sp³-hybridized carbons (Fsp3) is 1.00. The van der Waals surface area contributed by atoms with Gasteiger partial charge in [0.2, 0.25) is 0 Å². The molecule has 0 aromatic carbocycles. The predicted octanol–water partition coefficient (Wildman–Crippen LogP) is 0.893. The summed E-state index contributed by atoms with van der Waals surface area (Å²) in [5.41, 5.74) is 5.32. The van der Waals surface area contributed by atoms with E-state index in [9.17, 15) is 8.42 Å². The summed E-state index contributed by atoms with van der Waals surface area (Å²) in [6.45, 7) is 2.41. The number of nitrogens with two attached hydrogens (primary N) is 1. The monoisotopic (exact) mass is 225 g/mol. The molecule has 0 saturated carbocycles. The highest BCUT2D eigenvalue weighted by Crippen LogP contribution is 2.05. The summed E-state index contributed by atoms with van der Waals surface area (Å²) in [6, 6.07) is 0. The first kappa shape index (κ1) is 13.3. The Labute approximate surface area is 85.4 Å². The van der Waals surface area contributed by atoms with Crippen molar-refractivity contribution in [3.05, 3.63) is 0 Å². The third kappa shape index (κ3) is 8.59. The van der Waals surface area contributed by atoms with Crippen molar-refractivity contribution in [2.75, 3.05) is 29.6 Å². The zero-order valence-electron chi connectivity index (χ0n) is 8.16. The number of hydrogen-bond donors (Lipinski definition) is 1. The van der Waals surface area contributed by atoms with Crippen LogP contribution in [0.1, 0.15) is 19.8 Å². The lowest BCUT2D eigenvalue weighted by Gasteiger charge is -2.01. The maximum Gasteiger partial charge on any atom is 0.150 e. The average molecular weight is 225 g/mol. The highest BCUT2D eigenvalue weighted by molar-refractivity contribution is 7.99. The van der Waals surface area contributed by atoms with Gasteiger partial charge in [-0.2, -0.15) is 11.8 Å². The summed E-state index contributed by atoms with van der Waals surface area (Å²) < 4.78 is 22.1. The van der Waals surface area contributed by atoms with Crippen LogP contribution >= 0.6 is 11.8 Å². The number of rotatable bonds is 8. The third-order valence-corrected chi connectivity index (χ3v) is 4.62. The van der Waals surface area contributed by atoms with E-state index in [1.165, 1.54) is 0 Å². The van der Waals surface area contributed by atoms with E-state index in [4.69, 9.17) is 5.73 Å². The van der Waals surface area contributed by atoms with Gasteiger partial charge in [0.15, 0.2) is 0 Å². The van der Waals surface area contributed by atoms with Gasteiger partial charge in [0.1, 0.15) is 9.84 Å². The van der Waals surface area contributed by atoms with Crippen molar-refractivity contribution in [3.63, 3.8) is 0 Å². The van der Waals surface area contributed by atoms with Gasteiger partial charge in [-0.3, -0.25) is 0 Å². The second-order valence-corrected chi connectivity index (χ2v) is 6.54. The molecule has 0 saturated heterocycles. The van der Waals surface area contributed by atoms with E-state index in [1.54, 1.807) is 18.7 Å². The lowest BCUT2D eigenvalue weighted by Crippen LogP contribution is -2.09. The van der Waals surface area contributed by atoms with Crippen LogP contribution in [0.25, 0.3) is 0 Å². The van der Waals surface area contributed by atoms with Gasteiger partial charge in [0.25, 0.3) is 0 Å². The molecule has 0 rings (SSSR count). The SMILES string of the molecule is CCS(=O)(=O)CCCSCCCN. The average Bonchev–Trinajstić information content (AvgIpc) is 2.11. The molecule has 0 atom stereocenters. The summed E-state index contributed by atoms with van der Waals surface area (Å²) in [4.78, 5) is 0. The topological polar surface area (TPSA) is 60.2 Å². The molecular formula is C8H19NO2S2. The first-order chi connectivity index (χ1) is 6.12. The molecule has 0 heterocycles. The lowest BCUT2D eigenvalue weighted by atomic mass is 10.5. The van der Waals surface area contributed by atoms with Gasteiger partial charge in [0.05, 0.1) is 5.75 Å². The van der Waals surface area contributed by atoms with Crippen LogP contribution < -0.4 is 5.73 Å². The fourth-order valence-corrected chi connectivity index (χ4v) is 2.79. The van der Waals surface area contributed by atoms with E-state index in [0.29, 0.717) is 5.75 Å². The van der Waals surface area contributed by atoms with Gasteiger partial charge in [-0.15, -0.1) is 0 Å². The molecule has 0 aliphatic heterocycles. The van der Waals surface area contributed by atoms with E-state index >= 15 is 0 Å². The molecule has 0 bridgehead atoms. The van der Waals surface area contributed by atoms with Crippen LogP contribution in [0, 0.1) is 0 Å². The van der Waals surface area contributed by atoms with Crippen molar-refractivity contribution in [1.29, 1.82) is 0 Å². The number of thioether (sulfide) groups is 1. The minimum Gasteiger partial charge on any atom is -0.330 e. The van der Waals surface area contributed by atoms with Crippen LogP contribution in [-0.2, 0) is 9.84 Å². The molecule has 0 aliphatic carbocycles. The summed E-state index contributed by atoms with van der Waals surface area (Å²) >= 11 is 1.78. The largest absolute Gasteiger partial charge is 0.330 e. The molecule has 80 valence electrons. The number of hydrogen-bond acceptors (Lipinski definition) is 4. The third-order valence-electron chi connectivity index (χ3n) is 1.68. The fourth-order valence-electron chi connectivity index (χ4n) is 0.813. The highest BCUT2D eigenvalue weighted by atomic mass is 32.2. The lowest BCUT2D eigenvalue weighted by molar-refractivity contribution is 0.596. The molecule has 0 unspecified atom stereocenters. The first-order valence-corrected chi connectivity index (χ1v) is 7.58. The molecule has 0 spiro atoms. The Morgan fingerprint density at radius 3 is 2.38 bits per heavy atom. The summed E-state index contributed by atoms with van der Waals surface area (Å²) in [7, 11) is -2.75. The Morgan fingerprint density at radius 2 is 1.85 bits per heavy atom. The van der Waals surface area contributed by atoms with Gasteiger partial charge in [-0.25, -0.2) is 8.42 Å². The van der Waals surface area contributed by atoms with E-state index < -0.39 is 9.84 Å². The molecule has 0 aromatic rings. The minimum atomic E-state index is -2.75. The van der Waals surface area contributed by atoms with E-state index in [-0.39, 0.29) is 5.75 Å². The molecule has 0 aromatic heterocycles. The quantitative estimate of drug-likeness (QED) is 0.623. The summed E-state index contributed by atoms with van der Waals surface area (Å²) in [5.74, 6) is 2.57. The van der Waals surface area contributed by atoms with Crippen LogP contribution in [0.15, 0.2) is 0 Å². The van der Waals surface area contributed by atoms with Crippen LogP contribution in [0.5, 0.6) is 0 Å². The molecule has 13 heavy (non-hydrogen) atoms. The molecule has 2 N–H and O–H groups in total. The second-order valence-electron chi connectivity index (χ2n) is 2.84. The van der Waals surface area contributed by atoms with Crippen LogP contribution in [0.3, 0.4) is 0 Å². The maximum absolute atomic E-state index is 11.1. The van der Waals surface area contributed by atoms with Crippen molar-refractivity contribution in [3.8, 4) is 0 Å². The molecule has 0 fully saturated rings. The maximum atomic E-state index is 11.1. The van der Waals surface area contributed by atoms with Crippen molar-refractivity contribution < 1.29 is 8.42 Å². The molecule has 0 amide bonds. The Balaban J connectivity index is 3.26. The molecule has 3 nitrogen and oxygen atoms in total. The first-order valence-electron chi connectivity index (χ1n) is 4.60. The molecular weight excluding hydrogens is 206 g/mol. The van der Waals surface area contributed by atoms with Gasteiger partial charge >= 0.3 is 0 Å². The van der Waals surface area contributed by atoms with Crippen molar-refractivity contribution >= 4 is 21.6 Å². The normalized spacial score (nSPS) is 11.8. The predicted molar refractivity (Wildman–Crippen MR) is 59.9 cm³/mol. The number of sulfone groups is 1. The Morgan fingerprint density at radius 1 is 1.23 bits per heavy atom. The summed E-state index contributed by atoms with van der Waals surface area (Å²) in [6.07, 6.45) is 1.79. The van der Waals surface area contributed by atoms with Crippen molar-refractivity contribution in [2.45, 2.75) is 19.8 Å². The Bertz CT molecular complexity index is 202. The molecule has 0 radical (unpaired) electrons. The van der Waals surface area contributed by atoms with Gasteiger partial charge in [-0.1, -0.05) is 6.92 Å². The van der Waals surface area contributed by atoms with Gasteiger partial charge in [0, 0.05) is 5.75 Å². The van der Waals surface area contributed by atoms with Gasteiger partial charge in [-0.05, 0) is 30.9 Å². The van der Waals surface area contributed by atoms with Crippen LogP contribution in [0.4, 0.5) is 0 Å². The van der Waals surface area contributed by atoms with E-state index in [2.05, 4.69) is 0 Å². The van der Waals surface area contributed by atoms with Gasteiger partial charge < -0.3 is 5.73 Å².